The van der Waals surface area contributed by atoms with Gasteiger partial charge in [-0.3, -0.25) is 9.78 Å². The zero-order valence-corrected chi connectivity index (χ0v) is 12.4. The average Bonchev–Trinajstić information content (AvgIpc) is 2.47. The summed E-state index contributed by atoms with van der Waals surface area (Å²) >= 11 is 1.39. The summed E-state index contributed by atoms with van der Waals surface area (Å²) in [4.78, 5) is 30.0. The summed E-state index contributed by atoms with van der Waals surface area (Å²) in [6.07, 6.45) is 1.57. The lowest BCUT2D eigenvalue weighted by Gasteiger charge is -2.10. The summed E-state index contributed by atoms with van der Waals surface area (Å²) in [5.41, 5.74) is 0.595. The third-order valence-corrected chi connectivity index (χ3v) is 3.65. The smallest absolute Gasteiger partial charge is 0.335 e. The van der Waals surface area contributed by atoms with Crippen LogP contribution < -0.4 is 0 Å². The van der Waals surface area contributed by atoms with Crippen molar-refractivity contribution in [3.63, 3.8) is 0 Å². The lowest BCUT2D eigenvalue weighted by Crippen LogP contribution is -2.22. The van der Waals surface area contributed by atoms with Gasteiger partial charge in [0.15, 0.2) is 0 Å². The number of carbonyl (C=O) groups is 2. The summed E-state index contributed by atoms with van der Waals surface area (Å²) in [7, 11) is 3.33. The Morgan fingerprint density at radius 1 is 1.14 bits per heavy atom. The van der Waals surface area contributed by atoms with Gasteiger partial charge in [-0.1, -0.05) is 17.8 Å². The molecule has 6 heteroatoms. The fourth-order valence-electron chi connectivity index (χ4n) is 1.65. The van der Waals surface area contributed by atoms with Crippen LogP contribution in [0.5, 0.6) is 0 Å². The Morgan fingerprint density at radius 3 is 2.52 bits per heavy atom. The van der Waals surface area contributed by atoms with Gasteiger partial charge in [0.1, 0.15) is 5.69 Å². The summed E-state index contributed by atoms with van der Waals surface area (Å²) in [6.45, 7) is 0. The molecule has 0 atom stereocenters. The topological polar surface area (TPSA) is 70.5 Å². The van der Waals surface area contributed by atoms with E-state index >= 15 is 0 Å². The molecule has 0 aliphatic carbocycles. The highest BCUT2D eigenvalue weighted by Gasteiger charge is 2.11. The van der Waals surface area contributed by atoms with Crippen molar-refractivity contribution in [2.24, 2.45) is 0 Å². The normalized spacial score (nSPS) is 10.2. The summed E-state index contributed by atoms with van der Waals surface area (Å²) in [5, 5.41) is 8.98. The molecule has 1 amide bonds. The number of hydrogen-bond donors (Lipinski definition) is 1. The fraction of sp³-hybridized carbons (Fsp3) is 0.133. The molecule has 0 saturated heterocycles. The molecule has 0 aliphatic heterocycles. The van der Waals surface area contributed by atoms with E-state index in [1.165, 1.54) is 16.7 Å². The van der Waals surface area contributed by atoms with Crippen molar-refractivity contribution < 1.29 is 14.7 Å². The quantitative estimate of drug-likeness (QED) is 0.940. The Bertz CT molecular complexity index is 686. The lowest BCUT2D eigenvalue weighted by atomic mass is 10.2. The van der Waals surface area contributed by atoms with E-state index < -0.39 is 5.97 Å². The molecule has 5 nitrogen and oxygen atoms in total. The largest absolute Gasteiger partial charge is 0.478 e. The molecule has 0 radical (unpaired) electrons. The van der Waals surface area contributed by atoms with Gasteiger partial charge in [-0.05, 0) is 30.3 Å². The van der Waals surface area contributed by atoms with Crippen LogP contribution in [-0.2, 0) is 0 Å². The number of nitrogens with zero attached hydrogens (tertiary/aromatic N) is 2. The first-order chi connectivity index (χ1) is 9.97. The standard InChI is InChI=1S/C15H14N2O3S/c1-17(2)14(18)13-9-12(6-7-16-13)21-11-5-3-4-10(8-11)15(19)20/h3-9H,1-2H3,(H,19,20). The number of amides is 1. The number of hydrogen-bond acceptors (Lipinski definition) is 4. The molecule has 1 N–H and O–H groups in total. The van der Waals surface area contributed by atoms with Crippen LogP contribution in [0.3, 0.4) is 0 Å². The van der Waals surface area contributed by atoms with Crippen LogP contribution in [0.1, 0.15) is 20.8 Å². The molecule has 0 fully saturated rings. The van der Waals surface area contributed by atoms with Gasteiger partial charge in [0.05, 0.1) is 5.56 Å². The van der Waals surface area contributed by atoms with Crippen molar-refractivity contribution in [3.05, 3.63) is 53.9 Å². The monoisotopic (exact) mass is 302 g/mol. The second-order valence-electron chi connectivity index (χ2n) is 4.51. The van der Waals surface area contributed by atoms with Crippen LogP contribution in [0.2, 0.25) is 0 Å². The van der Waals surface area contributed by atoms with Crippen LogP contribution in [0, 0.1) is 0 Å². The molecule has 0 unspecified atom stereocenters. The van der Waals surface area contributed by atoms with E-state index in [9.17, 15) is 9.59 Å². The second-order valence-corrected chi connectivity index (χ2v) is 5.66. The first-order valence-corrected chi connectivity index (χ1v) is 6.98. The van der Waals surface area contributed by atoms with E-state index in [1.807, 2.05) is 6.07 Å². The number of pyridine rings is 1. The Labute approximate surface area is 126 Å². The van der Waals surface area contributed by atoms with Gasteiger partial charge in [0.2, 0.25) is 0 Å². The minimum absolute atomic E-state index is 0.170. The van der Waals surface area contributed by atoms with Crippen molar-refractivity contribution in [2.75, 3.05) is 14.1 Å². The maximum absolute atomic E-state index is 11.9. The van der Waals surface area contributed by atoms with Crippen LogP contribution in [0.25, 0.3) is 0 Å². The molecule has 1 aromatic heterocycles. The predicted molar refractivity (Wildman–Crippen MR) is 79.8 cm³/mol. The first-order valence-electron chi connectivity index (χ1n) is 6.16. The van der Waals surface area contributed by atoms with Crippen LogP contribution in [-0.4, -0.2) is 41.0 Å². The molecule has 2 aromatic rings. The van der Waals surface area contributed by atoms with Crippen molar-refractivity contribution in [1.29, 1.82) is 0 Å². The van der Waals surface area contributed by atoms with E-state index in [1.54, 1.807) is 50.6 Å². The molecule has 2 rings (SSSR count). The average molecular weight is 302 g/mol. The summed E-state index contributed by atoms with van der Waals surface area (Å²) in [6, 6.07) is 10.1. The highest BCUT2D eigenvalue weighted by Crippen LogP contribution is 2.28. The van der Waals surface area contributed by atoms with Crippen LogP contribution >= 0.6 is 11.8 Å². The minimum Gasteiger partial charge on any atom is -0.478 e. The van der Waals surface area contributed by atoms with Gasteiger partial charge < -0.3 is 10.0 Å². The summed E-state index contributed by atoms with van der Waals surface area (Å²) in [5.74, 6) is -1.13. The summed E-state index contributed by atoms with van der Waals surface area (Å²) < 4.78 is 0. The molecule has 108 valence electrons. The van der Waals surface area contributed by atoms with Gasteiger partial charge >= 0.3 is 5.97 Å². The van der Waals surface area contributed by atoms with E-state index in [0.717, 1.165) is 9.79 Å². The highest BCUT2D eigenvalue weighted by atomic mass is 32.2. The molecule has 0 aliphatic rings. The number of rotatable bonds is 4. The molecule has 0 bridgehead atoms. The lowest BCUT2D eigenvalue weighted by molar-refractivity contribution is 0.0696. The van der Waals surface area contributed by atoms with Crippen LogP contribution in [0.4, 0.5) is 0 Å². The molecule has 0 spiro atoms. The Hall–Kier alpha value is -2.34. The van der Waals surface area contributed by atoms with Gasteiger partial charge in [0, 0.05) is 30.1 Å². The molecular formula is C15H14N2O3S. The first kappa shape index (κ1) is 15.1. The third-order valence-electron chi connectivity index (χ3n) is 2.67. The Morgan fingerprint density at radius 2 is 1.86 bits per heavy atom. The van der Waals surface area contributed by atoms with E-state index in [2.05, 4.69) is 4.98 Å². The molecule has 1 heterocycles. The van der Waals surface area contributed by atoms with Gasteiger partial charge in [-0.25, -0.2) is 4.79 Å². The van der Waals surface area contributed by atoms with E-state index in [-0.39, 0.29) is 11.5 Å². The van der Waals surface area contributed by atoms with E-state index in [4.69, 9.17) is 5.11 Å². The highest BCUT2D eigenvalue weighted by molar-refractivity contribution is 7.99. The van der Waals surface area contributed by atoms with Crippen molar-refractivity contribution >= 4 is 23.6 Å². The fourth-order valence-corrected chi connectivity index (χ4v) is 2.55. The number of carboxylic acids is 1. The molecular weight excluding hydrogens is 288 g/mol. The van der Waals surface area contributed by atoms with Gasteiger partial charge in [-0.15, -0.1) is 0 Å². The zero-order valence-electron chi connectivity index (χ0n) is 11.6. The Kier molecular flexibility index (Phi) is 4.59. The number of aromatic nitrogens is 1. The SMILES string of the molecule is CN(C)C(=O)c1cc(Sc2cccc(C(=O)O)c2)ccn1. The molecule has 0 saturated carbocycles. The maximum atomic E-state index is 11.9. The number of benzene rings is 1. The number of carboxylic acid groups (broad SMARTS) is 1. The second kappa shape index (κ2) is 6.41. The van der Waals surface area contributed by atoms with E-state index in [0.29, 0.717) is 5.69 Å². The predicted octanol–water partition coefficient (Wildman–Crippen LogP) is 2.63. The maximum Gasteiger partial charge on any atom is 0.335 e. The van der Waals surface area contributed by atoms with Crippen molar-refractivity contribution in [1.82, 2.24) is 9.88 Å². The molecule has 21 heavy (non-hydrogen) atoms. The Balaban J connectivity index is 2.24. The van der Waals surface area contributed by atoms with Crippen molar-refractivity contribution in [2.45, 2.75) is 9.79 Å². The zero-order chi connectivity index (χ0) is 15.4. The third kappa shape index (κ3) is 3.82. The number of carbonyl (C=O) groups excluding carboxylic acids is 1. The van der Waals surface area contributed by atoms with Crippen molar-refractivity contribution in [3.8, 4) is 0 Å². The van der Waals surface area contributed by atoms with Gasteiger partial charge in [-0.2, -0.15) is 0 Å². The van der Waals surface area contributed by atoms with Gasteiger partial charge in [0.25, 0.3) is 5.91 Å². The number of aromatic carboxylic acids is 1. The van der Waals surface area contributed by atoms with Crippen LogP contribution in [0.15, 0.2) is 52.4 Å². The molecule has 1 aromatic carbocycles. The minimum atomic E-state index is -0.962.